The number of carbonyl (C=O) groups excluding carboxylic acids is 1. The van der Waals surface area contributed by atoms with Gasteiger partial charge < -0.3 is 9.47 Å². The van der Waals surface area contributed by atoms with Crippen LogP contribution in [0.2, 0.25) is 0 Å². The number of alkyl halides is 1. The van der Waals surface area contributed by atoms with Crippen molar-refractivity contribution >= 4 is 21.9 Å². The first-order valence-electron chi connectivity index (χ1n) is 4.90. The van der Waals surface area contributed by atoms with Crippen LogP contribution in [0.3, 0.4) is 0 Å². The average molecular weight is 265 g/mol. The highest BCUT2D eigenvalue weighted by molar-refractivity contribution is 9.09. The SMILES string of the molecule is CC(=O)OC1C(Br)OC(C)C(C)C1C. The van der Waals surface area contributed by atoms with Gasteiger partial charge >= 0.3 is 5.97 Å². The normalized spacial score (nSPS) is 43.4. The Morgan fingerprint density at radius 1 is 1.29 bits per heavy atom. The molecule has 1 rings (SSSR count). The summed E-state index contributed by atoms with van der Waals surface area (Å²) >= 11 is 3.39. The van der Waals surface area contributed by atoms with Crippen LogP contribution < -0.4 is 0 Å². The molecule has 1 aliphatic rings. The van der Waals surface area contributed by atoms with Crippen molar-refractivity contribution in [3.8, 4) is 0 Å². The number of ether oxygens (including phenoxy) is 2. The summed E-state index contributed by atoms with van der Waals surface area (Å²) in [6.07, 6.45) is 0.0138. The van der Waals surface area contributed by atoms with Crippen molar-refractivity contribution in [1.29, 1.82) is 0 Å². The van der Waals surface area contributed by atoms with Gasteiger partial charge in [-0.3, -0.25) is 4.79 Å². The summed E-state index contributed by atoms with van der Waals surface area (Å²) < 4.78 is 10.8. The smallest absolute Gasteiger partial charge is 0.303 e. The highest BCUT2D eigenvalue weighted by Gasteiger charge is 2.40. The van der Waals surface area contributed by atoms with Crippen molar-refractivity contribution in [1.82, 2.24) is 0 Å². The topological polar surface area (TPSA) is 35.5 Å². The van der Waals surface area contributed by atoms with Crippen molar-refractivity contribution in [2.45, 2.75) is 44.9 Å². The van der Waals surface area contributed by atoms with E-state index < -0.39 is 0 Å². The van der Waals surface area contributed by atoms with E-state index in [-0.39, 0.29) is 23.2 Å². The summed E-state index contributed by atoms with van der Waals surface area (Å²) in [6, 6.07) is 0. The molecule has 0 bridgehead atoms. The zero-order valence-electron chi connectivity index (χ0n) is 8.99. The van der Waals surface area contributed by atoms with Crippen LogP contribution in [0.15, 0.2) is 0 Å². The second-order valence-electron chi connectivity index (χ2n) is 3.98. The molecule has 0 aliphatic carbocycles. The second kappa shape index (κ2) is 4.62. The fourth-order valence-electron chi connectivity index (χ4n) is 1.72. The Hall–Kier alpha value is -0.0900. The lowest BCUT2D eigenvalue weighted by Gasteiger charge is -2.40. The Bertz CT molecular complexity index is 219. The highest BCUT2D eigenvalue weighted by atomic mass is 79.9. The van der Waals surface area contributed by atoms with Crippen LogP contribution >= 0.6 is 15.9 Å². The van der Waals surface area contributed by atoms with Crippen LogP contribution in [-0.4, -0.2) is 23.2 Å². The molecule has 1 aliphatic heterocycles. The van der Waals surface area contributed by atoms with Gasteiger partial charge in [0.2, 0.25) is 0 Å². The van der Waals surface area contributed by atoms with Gasteiger partial charge in [-0.2, -0.15) is 0 Å². The second-order valence-corrected chi connectivity index (χ2v) is 4.89. The molecule has 5 unspecified atom stereocenters. The van der Waals surface area contributed by atoms with Crippen molar-refractivity contribution in [2.75, 3.05) is 0 Å². The highest BCUT2D eigenvalue weighted by Crippen LogP contribution is 2.34. The predicted molar refractivity (Wildman–Crippen MR) is 57.1 cm³/mol. The predicted octanol–water partition coefficient (Wildman–Crippen LogP) is 2.33. The van der Waals surface area contributed by atoms with E-state index in [4.69, 9.17) is 9.47 Å². The third kappa shape index (κ3) is 2.48. The average Bonchev–Trinajstić information content (AvgIpc) is 2.09. The molecule has 1 saturated heterocycles. The van der Waals surface area contributed by atoms with Crippen LogP contribution in [0, 0.1) is 11.8 Å². The first kappa shape index (κ1) is 12.0. The molecule has 5 atom stereocenters. The Balaban J connectivity index is 2.68. The quantitative estimate of drug-likeness (QED) is 0.539. The van der Waals surface area contributed by atoms with Crippen molar-refractivity contribution in [2.24, 2.45) is 11.8 Å². The lowest BCUT2D eigenvalue weighted by molar-refractivity contribution is -0.173. The summed E-state index contributed by atoms with van der Waals surface area (Å²) in [6.45, 7) is 7.67. The molecule has 4 heteroatoms. The van der Waals surface area contributed by atoms with Gasteiger partial charge in [-0.15, -0.1) is 0 Å². The van der Waals surface area contributed by atoms with Crippen LogP contribution in [-0.2, 0) is 14.3 Å². The Morgan fingerprint density at radius 3 is 2.36 bits per heavy atom. The fourth-order valence-corrected chi connectivity index (χ4v) is 2.65. The van der Waals surface area contributed by atoms with Crippen LogP contribution in [0.5, 0.6) is 0 Å². The Labute approximate surface area is 93.3 Å². The van der Waals surface area contributed by atoms with E-state index in [1.165, 1.54) is 6.92 Å². The molecule has 3 nitrogen and oxygen atoms in total. The third-order valence-electron chi connectivity index (χ3n) is 2.99. The molecule has 82 valence electrons. The molecular formula is C10H17BrO3. The van der Waals surface area contributed by atoms with Crippen LogP contribution in [0.25, 0.3) is 0 Å². The maximum atomic E-state index is 10.9. The molecule has 0 aromatic heterocycles. The van der Waals surface area contributed by atoms with E-state index in [1.54, 1.807) is 0 Å². The molecule has 0 N–H and O–H groups in total. The summed E-state index contributed by atoms with van der Waals surface area (Å²) in [7, 11) is 0. The first-order valence-corrected chi connectivity index (χ1v) is 5.81. The standard InChI is InChI=1S/C10H17BrO3/c1-5-6(2)9(14-8(4)12)10(11)13-7(5)3/h5-7,9-10H,1-4H3. The van der Waals surface area contributed by atoms with E-state index in [0.29, 0.717) is 11.8 Å². The van der Waals surface area contributed by atoms with Gasteiger partial charge in [0.1, 0.15) is 11.1 Å². The number of hydrogen-bond acceptors (Lipinski definition) is 3. The minimum absolute atomic E-state index is 0.182. The maximum absolute atomic E-state index is 10.9. The van der Waals surface area contributed by atoms with E-state index in [9.17, 15) is 4.79 Å². The Morgan fingerprint density at radius 2 is 1.86 bits per heavy atom. The van der Waals surface area contributed by atoms with Gasteiger partial charge in [-0.05, 0) is 12.8 Å². The fraction of sp³-hybridized carbons (Fsp3) is 0.900. The van der Waals surface area contributed by atoms with Crippen molar-refractivity contribution in [3.63, 3.8) is 0 Å². The monoisotopic (exact) mass is 264 g/mol. The number of esters is 1. The summed E-state index contributed by atoms with van der Waals surface area (Å²) in [5.74, 6) is 0.455. The lowest BCUT2D eigenvalue weighted by Crippen LogP contribution is -2.47. The number of hydrogen-bond donors (Lipinski definition) is 0. The summed E-state index contributed by atoms with van der Waals surface area (Å²) in [5.41, 5.74) is 0. The maximum Gasteiger partial charge on any atom is 0.303 e. The van der Waals surface area contributed by atoms with E-state index >= 15 is 0 Å². The molecule has 14 heavy (non-hydrogen) atoms. The summed E-state index contributed by atoms with van der Waals surface area (Å²) in [5, 5.41) is -0.187. The zero-order valence-corrected chi connectivity index (χ0v) is 10.6. The minimum Gasteiger partial charge on any atom is -0.459 e. The zero-order chi connectivity index (χ0) is 10.9. The van der Waals surface area contributed by atoms with Crippen molar-refractivity contribution < 1.29 is 14.3 Å². The molecule has 0 amide bonds. The van der Waals surface area contributed by atoms with Gasteiger partial charge in [-0.1, -0.05) is 29.8 Å². The first-order chi connectivity index (χ1) is 6.43. The number of carbonyl (C=O) groups is 1. The minimum atomic E-state index is -0.253. The van der Waals surface area contributed by atoms with Gasteiger partial charge in [-0.25, -0.2) is 0 Å². The lowest BCUT2D eigenvalue weighted by atomic mass is 9.85. The molecule has 1 fully saturated rings. The molecule has 0 spiro atoms. The molecule has 1 heterocycles. The summed E-state index contributed by atoms with van der Waals surface area (Å²) in [4.78, 5) is 10.9. The van der Waals surface area contributed by atoms with Gasteiger partial charge in [0.25, 0.3) is 0 Å². The van der Waals surface area contributed by atoms with Crippen LogP contribution in [0.4, 0.5) is 0 Å². The molecule has 0 aromatic rings. The van der Waals surface area contributed by atoms with Gasteiger partial charge in [0.05, 0.1) is 6.10 Å². The third-order valence-corrected chi connectivity index (χ3v) is 3.73. The largest absolute Gasteiger partial charge is 0.459 e. The molecule has 0 radical (unpaired) electrons. The Kier molecular flexibility index (Phi) is 3.95. The number of halogens is 1. The van der Waals surface area contributed by atoms with Gasteiger partial charge in [0.15, 0.2) is 0 Å². The van der Waals surface area contributed by atoms with E-state index in [0.717, 1.165) is 0 Å². The molecular weight excluding hydrogens is 248 g/mol. The van der Waals surface area contributed by atoms with Crippen LogP contribution in [0.1, 0.15) is 27.7 Å². The molecule has 0 aromatic carbocycles. The van der Waals surface area contributed by atoms with E-state index in [2.05, 4.69) is 29.8 Å². The van der Waals surface area contributed by atoms with Crippen molar-refractivity contribution in [3.05, 3.63) is 0 Å². The number of rotatable bonds is 1. The van der Waals surface area contributed by atoms with E-state index in [1.807, 2.05) is 6.92 Å². The molecule has 0 saturated carbocycles. The van der Waals surface area contributed by atoms with Gasteiger partial charge in [0, 0.05) is 12.8 Å².